The van der Waals surface area contributed by atoms with Gasteiger partial charge in [0.05, 0.1) is 6.10 Å². The van der Waals surface area contributed by atoms with E-state index in [0.717, 1.165) is 12.8 Å². The minimum Gasteiger partial charge on any atom is -0.393 e. The lowest BCUT2D eigenvalue weighted by Crippen LogP contribution is -2.29. The zero-order valence-electron chi connectivity index (χ0n) is 7.95. The number of hydrogen-bond donors (Lipinski definition) is 1. The third kappa shape index (κ3) is 3.59. The molecule has 0 aliphatic heterocycles. The van der Waals surface area contributed by atoms with Gasteiger partial charge < -0.3 is 5.11 Å². The summed E-state index contributed by atoms with van der Waals surface area (Å²) in [5, 5.41) is 9.01. The van der Waals surface area contributed by atoms with Gasteiger partial charge in [-0.25, -0.2) is 4.40 Å². The lowest BCUT2D eigenvalue weighted by molar-refractivity contribution is 0.0720. The lowest BCUT2D eigenvalue weighted by atomic mass is 9.84. The fourth-order valence-electron chi connectivity index (χ4n) is 1.03. The first-order valence-electron chi connectivity index (χ1n) is 4.37. The molecule has 0 radical (unpaired) electrons. The summed E-state index contributed by atoms with van der Waals surface area (Å²) in [7, 11) is 0. The van der Waals surface area contributed by atoms with E-state index in [1.165, 1.54) is 0 Å². The Bertz CT molecular complexity index is 168. The van der Waals surface area contributed by atoms with Crippen molar-refractivity contribution in [2.24, 2.45) is 10.3 Å². The van der Waals surface area contributed by atoms with Crippen molar-refractivity contribution in [1.82, 2.24) is 0 Å². The summed E-state index contributed by atoms with van der Waals surface area (Å²) < 4.78 is 4.49. The Kier molecular flexibility index (Phi) is 3.18. The third-order valence-electron chi connectivity index (χ3n) is 1.75. The van der Waals surface area contributed by atoms with Crippen LogP contribution in [0, 0.1) is 5.92 Å². The normalized spacial score (nSPS) is 30.7. The summed E-state index contributed by atoms with van der Waals surface area (Å²) in [5.41, 5.74) is 0. The highest BCUT2D eigenvalue weighted by Gasteiger charge is 2.25. The maximum absolute atomic E-state index is 9.01. The third-order valence-corrected chi connectivity index (χ3v) is 2.52. The van der Waals surface area contributed by atoms with E-state index < -0.39 is 0 Å². The van der Waals surface area contributed by atoms with Crippen molar-refractivity contribution in [3.63, 3.8) is 0 Å². The number of rotatable bonds is 2. The first-order chi connectivity index (χ1) is 5.47. The number of aliphatic hydroxyl groups excluding tert-OH is 1. The van der Waals surface area contributed by atoms with Crippen molar-refractivity contribution in [2.45, 2.75) is 44.5 Å². The Labute approximate surface area is 78.6 Å². The molecule has 0 bridgehead atoms. The van der Waals surface area contributed by atoms with Crippen LogP contribution in [0.2, 0.25) is 0 Å². The van der Waals surface area contributed by atoms with E-state index >= 15 is 0 Å². The van der Waals surface area contributed by atoms with Crippen molar-refractivity contribution >= 4 is 18.2 Å². The smallest absolute Gasteiger partial charge is 0.0552 e. The van der Waals surface area contributed by atoms with Crippen LogP contribution in [-0.4, -0.2) is 22.2 Å². The summed E-state index contributed by atoms with van der Waals surface area (Å²) in [6.45, 7) is 6.43. The van der Waals surface area contributed by atoms with Crippen molar-refractivity contribution < 1.29 is 5.11 Å². The van der Waals surface area contributed by atoms with Crippen LogP contribution in [0.5, 0.6) is 0 Å². The molecule has 0 amide bonds. The Morgan fingerprint density at radius 1 is 1.42 bits per heavy atom. The largest absolute Gasteiger partial charge is 0.393 e. The van der Waals surface area contributed by atoms with E-state index in [1.807, 2.05) is 6.21 Å². The summed E-state index contributed by atoms with van der Waals surface area (Å²) in [6, 6.07) is 0. The van der Waals surface area contributed by atoms with Crippen LogP contribution in [0.1, 0.15) is 33.6 Å². The molecule has 0 heterocycles. The highest BCUT2D eigenvalue weighted by atomic mass is 32.2. The van der Waals surface area contributed by atoms with Gasteiger partial charge in [-0.1, -0.05) is 0 Å². The van der Waals surface area contributed by atoms with Crippen molar-refractivity contribution in [2.75, 3.05) is 0 Å². The van der Waals surface area contributed by atoms with E-state index in [1.54, 1.807) is 11.9 Å². The van der Waals surface area contributed by atoms with Crippen LogP contribution in [0.25, 0.3) is 0 Å². The average molecular weight is 187 g/mol. The summed E-state index contributed by atoms with van der Waals surface area (Å²) >= 11 is 1.60. The van der Waals surface area contributed by atoms with E-state index in [0.29, 0.717) is 5.92 Å². The Balaban J connectivity index is 2.15. The van der Waals surface area contributed by atoms with Gasteiger partial charge in [0.1, 0.15) is 0 Å². The maximum atomic E-state index is 9.01. The van der Waals surface area contributed by atoms with Gasteiger partial charge >= 0.3 is 0 Å². The average Bonchev–Trinajstić information content (AvgIpc) is 1.81. The summed E-state index contributed by atoms with van der Waals surface area (Å²) in [5.74, 6) is 0.523. The number of aliphatic hydroxyl groups is 1. The molecule has 0 aromatic rings. The molecule has 0 aromatic carbocycles. The second-order valence-electron chi connectivity index (χ2n) is 4.34. The topological polar surface area (TPSA) is 32.6 Å². The predicted octanol–water partition coefficient (Wildman–Crippen LogP) is 2.27. The molecule has 1 saturated carbocycles. The minimum atomic E-state index is -0.0684. The molecule has 2 nitrogen and oxygen atoms in total. The molecular weight excluding hydrogens is 170 g/mol. The summed E-state index contributed by atoms with van der Waals surface area (Å²) in [4.78, 5) is 0. The van der Waals surface area contributed by atoms with E-state index in [9.17, 15) is 0 Å². The molecule has 1 N–H and O–H groups in total. The molecule has 0 saturated heterocycles. The Morgan fingerprint density at radius 3 is 2.42 bits per heavy atom. The second-order valence-corrected chi connectivity index (χ2v) is 5.96. The molecule has 1 rings (SSSR count). The minimum absolute atomic E-state index is 0.0684. The molecule has 12 heavy (non-hydrogen) atoms. The molecule has 0 atom stereocenters. The fourth-order valence-corrected chi connectivity index (χ4v) is 1.58. The van der Waals surface area contributed by atoms with Crippen LogP contribution in [0.4, 0.5) is 0 Å². The SMILES string of the molecule is CC(C)(C)S/N=C/C1CC(O)C1. The lowest BCUT2D eigenvalue weighted by Gasteiger charge is -2.27. The van der Waals surface area contributed by atoms with Crippen LogP contribution >= 0.6 is 11.9 Å². The predicted molar refractivity (Wildman–Crippen MR) is 54.6 cm³/mol. The molecular formula is C9H17NOS. The van der Waals surface area contributed by atoms with Gasteiger partial charge in [-0.05, 0) is 51.5 Å². The molecule has 1 aliphatic carbocycles. The monoisotopic (exact) mass is 187 g/mol. The highest BCUT2D eigenvalue weighted by Crippen LogP contribution is 2.28. The Hall–Kier alpha value is -0.0200. The van der Waals surface area contributed by atoms with Crippen LogP contribution in [0.3, 0.4) is 0 Å². The molecule has 0 unspecified atom stereocenters. The van der Waals surface area contributed by atoms with Gasteiger partial charge in [0.2, 0.25) is 0 Å². The van der Waals surface area contributed by atoms with E-state index in [-0.39, 0.29) is 10.9 Å². The number of hydrogen-bond acceptors (Lipinski definition) is 3. The standard InChI is InChI=1S/C9H17NOS/c1-9(2,3)12-10-6-7-4-8(11)5-7/h6-8,11H,4-5H2,1-3H3/b10-6+. The Morgan fingerprint density at radius 2 is 2.00 bits per heavy atom. The zero-order valence-corrected chi connectivity index (χ0v) is 8.77. The van der Waals surface area contributed by atoms with Gasteiger partial charge in [-0.15, -0.1) is 0 Å². The van der Waals surface area contributed by atoms with Crippen LogP contribution in [0.15, 0.2) is 4.40 Å². The molecule has 1 fully saturated rings. The van der Waals surface area contributed by atoms with Crippen molar-refractivity contribution in [3.05, 3.63) is 0 Å². The molecule has 0 spiro atoms. The van der Waals surface area contributed by atoms with Gasteiger partial charge in [-0.3, -0.25) is 0 Å². The maximum Gasteiger partial charge on any atom is 0.0552 e. The highest BCUT2D eigenvalue weighted by molar-refractivity contribution is 7.99. The molecule has 0 aromatic heterocycles. The molecule has 70 valence electrons. The van der Waals surface area contributed by atoms with Crippen molar-refractivity contribution in [3.8, 4) is 0 Å². The quantitative estimate of drug-likeness (QED) is 0.531. The molecule has 1 aliphatic rings. The van der Waals surface area contributed by atoms with Gasteiger partial charge in [0.25, 0.3) is 0 Å². The molecule has 3 heteroatoms. The van der Waals surface area contributed by atoms with Gasteiger partial charge in [0.15, 0.2) is 0 Å². The first kappa shape index (κ1) is 10.1. The number of nitrogens with zero attached hydrogens (tertiary/aromatic N) is 1. The van der Waals surface area contributed by atoms with Crippen molar-refractivity contribution in [1.29, 1.82) is 0 Å². The van der Waals surface area contributed by atoms with Gasteiger partial charge in [0, 0.05) is 11.0 Å². The second kappa shape index (κ2) is 3.79. The van der Waals surface area contributed by atoms with E-state index in [4.69, 9.17) is 5.11 Å². The van der Waals surface area contributed by atoms with Crippen LogP contribution in [-0.2, 0) is 0 Å². The zero-order chi connectivity index (χ0) is 9.19. The summed E-state index contributed by atoms with van der Waals surface area (Å²) in [6.07, 6.45) is 3.70. The van der Waals surface area contributed by atoms with Gasteiger partial charge in [-0.2, -0.15) is 0 Å². The first-order valence-corrected chi connectivity index (χ1v) is 5.14. The van der Waals surface area contributed by atoms with E-state index in [2.05, 4.69) is 25.2 Å². The fraction of sp³-hybridized carbons (Fsp3) is 0.889. The van der Waals surface area contributed by atoms with Crippen LogP contribution < -0.4 is 0 Å².